The highest BCUT2D eigenvalue weighted by molar-refractivity contribution is 6.48. The molecule has 0 fully saturated rings. The van der Waals surface area contributed by atoms with E-state index in [1.54, 1.807) is 13.0 Å². The van der Waals surface area contributed by atoms with E-state index in [2.05, 4.69) is 15.8 Å². The number of rotatable bonds is 1. The van der Waals surface area contributed by atoms with E-state index in [9.17, 15) is 9.59 Å². The van der Waals surface area contributed by atoms with E-state index < -0.39 is 11.9 Å². The number of hydrazone groups is 1. The van der Waals surface area contributed by atoms with E-state index in [1.807, 2.05) is 18.2 Å². The van der Waals surface area contributed by atoms with Gasteiger partial charge in [-0.25, -0.2) is 4.79 Å². The van der Waals surface area contributed by atoms with Crippen LogP contribution in [0.4, 0.5) is 5.69 Å². The van der Waals surface area contributed by atoms with Gasteiger partial charge in [0.2, 0.25) is 0 Å². The summed E-state index contributed by atoms with van der Waals surface area (Å²) in [7, 11) is 1.32. The Kier molecular flexibility index (Phi) is 2.78. The molecule has 1 unspecified atom stereocenters. The van der Waals surface area contributed by atoms with Crippen molar-refractivity contribution in [3.8, 4) is 0 Å². The Balaban J connectivity index is 2.21. The molecule has 0 aliphatic carbocycles. The monoisotopic (exact) mass is 271 g/mol. The first kappa shape index (κ1) is 12.4. The number of hydrogen-bond acceptors (Lipinski definition) is 5. The number of carbonyl (C=O) groups is 2. The van der Waals surface area contributed by atoms with Crippen molar-refractivity contribution in [1.29, 1.82) is 0 Å². The van der Waals surface area contributed by atoms with Crippen LogP contribution in [-0.2, 0) is 14.3 Å². The molecule has 102 valence electrons. The molecule has 0 spiro atoms. The van der Waals surface area contributed by atoms with Crippen LogP contribution >= 0.6 is 0 Å². The lowest BCUT2D eigenvalue weighted by Crippen LogP contribution is -2.41. The first-order valence-corrected chi connectivity index (χ1v) is 6.16. The molecule has 2 aliphatic rings. The summed E-state index contributed by atoms with van der Waals surface area (Å²) in [6, 6.07) is 7.36. The molecule has 1 atom stereocenters. The molecule has 0 bridgehead atoms. The Morgan fingerprint density at radius 1 is 1.35 bits per heavy atom. The van der Waals surface area contributed by atoms with Crippen molar-refractivity contribution in [2.24, 2.45) is 5.10 Å². The van der Waals surface area contributed by atoms with Crippen molar-refractivity contribution in [1.82, 2.24) is 5.43 Å². The highest BCUT2D eigenvalue weighted by Gasteiger charge is 2.40. The first-order chi connectivity index (χ1) is 9.63. The number of para-hydroxylation sites is 1. The minimum Gasteiger partial charge on any atom is -0.466 e. The standard InChI is InChI=1S/C14H13N3O3/c1-7-10(14(19)20-2)11-8-5-3-4-6-9(8)15-13(18)12(11)17-16-7/h3-6,11,16H,1-2H3,(H,15,18). The second-order valence-electron chi connectivity index (χ2n) is 4.61. The minimum absolute atomic E-state index is 0.273. The SMILES string of the molecule is COC(=O)C1=C(C)NN=C2C(=O)Nc3ccccc3C21. The number of anilines is 1. The molecule has 1 amide bonds. The number of carbonyl (C=O) groups excluding carboxylic acids is 2. The van der Waals surface area contributed by atoms with Crippen LogP contribution in [0.15, 0.2) is 40.6 Å². The van der Waals surface area contributed by atoms with Crippen molar-refractivity contribution >= 4 is 23.3 Å². The predicted molar refractivity (Wildman–Crippen MR) is 73.1 cm³/mol. The fraction of sp³-hybridized carbons (Fsp3) is 0.214. The van der Waals surface area contributed by atoms with Gasteiger partial charge in [0, 0.05) is 11.4 Å². The number of hydrogen-bond donors (Lipinski definition) is 2. The average Bonchev–Trinajstić information content (AvgIpc) is 2.46. The lowest BCUT2D eigenvalue weighted by molar-refractivity contribution is -0.136. The molecular formula is C14H13N3O3. The molecule has 0 aromatic heterocycles. The largest absolute Gasteiger partial charge is 0.466 e. The molecule has 20 heavy (non-hydrogen) atoms. The third-order valence-corrected chi connectivity index (χ3v) is 3.47. The normalized spacial score (nSPS) is 20.2. The maximum atomic E-state index is 12.1. The lowest BCUT2D eigenvalue weighted by atomic mass is 9.81. The van der Waals surface area contributed by atoms with Gasteiger partial charge < -0.3 is 10.1 Å². The van der Waals surface area contributed by atoms with Crippen LogP contribution in [0, 0.1) is 0 Å². The number of nitrogens with zero attached hydrogens (tertiary/aromatic N) is 1. The molecule has 6 nitrogen and oxygen atoms in total. The molecule has 2 N–H and O–H groups in total. The highest BCUT2D eigenvalue weighted by Crippen LogP contribution is 2.38. The lowest BCUT2D eigenvalue weighted by Gasteiger charge is -2.31. The van der Waals surface area contributed by atoms with Gasteiger partial charge in [-0.05, 0) is 18.6 Å². The summed E-state index contributed by atoms with van der Waals surface area (Å²) < 4.78 is 4.84. The zero-order valence-corrected chi connectivity index (χ0v) is 11.1. The molecular weight excluding hydrogens is 258 g/mol. The summed E-state index contributed by atoms with van der Waals surface area (Å²) >= 11 is 0. The second kappa shape index (κ2) is 4.48. The average molecular weight is 271 g/mol. The summed E-state index contributed by atoms with van der Waals surface area (Å²) in [6.07, 6.45) is 0. The van der Waals surface area contributed by atoms with Crippen LogP contribution in [0.5, 0.6) is 0 Å². The molecule has 1 aromatic carbocycles. The molecule has 3 rings (SSSR count). The number of methoxy groups -OCH3 is 1. The van der Waals surface area contributed by atoms with Crippen molar-refractivity contribution in [2.75, 3.05) is 12.4 Å². The summed E-state index contributed by atoms with van der Waals surface area (Å²) in [5.41, 5.74) is 5.53. The molecule has 0 radical (unpaired) electrons. The van der Waals surface area contributed by atoms with Gasteiger partial charge in [0.1, 0.15) is 5.71 Å². The van der Waals surface area contributed by atoms with Gasteiger partial charge in [0.25, 0.3) is 5.91 Å². The number of allylic oxidation sites excluding steroid dienone is 1. The molecule has 1 aromatic rings. The Labute approximate surface area is 115 Å². The van der Waals surface area contributed by atoms with Crippen LogP contribution in [0.3, 0.4) is 0 Å². The maximum Gasteiger partial charge on any atom is 0.336 e. The van der Waals surface area contributed by atoms with Gasteiger partial charge in [-0.1, -0.05) is 18.2 Å². The number of esters is 1. The van der Waals surface area contributed by atoms with Crippen LogP contribution in [-0.4, -0.2) is 24.7 Å². The van der Waals surface area contributed by atoms with Crippen LogP contribution in [0.1, 0.15) is 18.4 Å². The van der Waals surface area contributed by atoms with Gasteiger partial charge >= 0.3 is 5.97 Å². The topological polar surface area (TPSA) is 79.8 Å². The summed E-state index contributed by atoms with van der Waals surface area (Å²) in [5.74, 6) is -1.26. The third kappa shape index (κ3) is 1.69. The van der Waals surface area contributed by atoms with Crippen LogP contribution < -0.4 is 10.7 Å². The van der Waals surface area contributed by atoms with E-state index in [-0.39, 0.29) is 11.6 Å². The van der Waals surface area contributed by atoms with Gasteiger partial charge in [-0.2, -0.15) is 5.10 Å². The fourth-order valence-corrected chi connectivity index (χ4v) is 2.54. The van der Waals surface area contributed by atoms with Crippen molar-refractivity contribution in [2.45, 2.75) is 12.8 Å². The number of nitrogens with one attached hydrogen (secondary N) is 2. The third-order valence-electron chi connectivity index (χ3n) is 3.47. The quantitative estimate of drug-likeness (QED) is 0.750. The van der Waals surface area contributed by atoms with Crippen molar-refractivity contribution in [3.05, 3.63) is 41.1 Å². The molecule has 0 saturated heterocycles. The van der Waals surface area contributed by atoms with Crippen LogP contribution in [0.25, 0.3) is 0 Å². The van der Waals surface area contributed by atoms with E-state index in [0.29, 0.717) is 17.0 Å². The summed E-state index contributed by atoms with van der Waals surface area (Å²) in [6.45, 7) is 1.74. The Morgan fingerprint density at radius 3 is 2.85 bits per heavy atom. The fourth-order valence-electron chi connectivity index (χ4n) is 2.54. The highest BCUT2D eigenvalue weighted by atomic mass is 16.5. The van der Waals surface area contributed by atoms with E-state index in [1.165, 1.54) is 7.11 Å². The number of amides is 1. The Hall–Kier alpha value is -2.63. The summed E-state index contributed by atoms with van der Waals surface area (Å²) in [5, 5.41) is 6.84. The minimum atomic E-state index is -0.492. The van der Waals surface area contributed by atoms with E-state index >= 15 is 0 Å². The van der Waals surface area contributed by atoms with E-state index in [0.717, 1.165) is 5.56 Å². The zero-order chi connectivity index (χ0) is 14.3. The smallest absolute Gasteiger partial charge is 0.336 e. The van der Waals surface area contributed by atoms with Gasteiger partial charge in [-0.3, -0.25) is 10.2 Å². The van der Waals surface area contributed by atoms with Crippen LogP contribution in [0.2, 0.25) is 0 Å². The summed E-state index contributed by atoms with van der Waals surface area (Å²) in [4.78, 5) is 24.1. The number of fused-ring (bicyclic) bond motifs is 3. The molecule has 2 aliphatic heterocycles. The van der Waals surface area contributed by atoms with E-state index in [4.69, 9.17) is 4.74 Å². The van der Waals surface area contributed by atoms with Gasteiger partial charge in [0.05, 0.1) is 18.6 Å². The Morgan fingerprint density at radius 2 is 2.10 bits per heavy atom. The second-order valence-corrected chi connectivity index (χ2v) is 4.61. The number of benzene rings is 1. The van der Waals surface area contributed by atoms with Gasteiger partial charge in [-0.15, -0.1) is 0 Å². The maximum absolute atomic E-state index is 12.1. The Bertz CT molecular complexity index is 676. The zero-order valence-electron chi connectivity index (χ0n) is 11.1. The van der Waals surface area contributed by atoms with Crippen molar-refractivity contribution in [3.63, 3.8) is 0 Å². The predicted octanol–water partition coefficient (Wildman–Crippen LogP) is 1.13. The number of ether oxygens (including phenoxy) is 1. The molecule has 6 heteroatoms. The van der Waals surface area contributed by atoms with Crippen molar-refractivity contribution < 1.29 is 14.3 Å². The van der Waals surface area contributed by atoms with Gasteiger partial charge in [0.15, 0.2) is 0 Å². The molecule has 2 heterocycles. The first-order valence-electron chi connectivity index (χ1n) is 6.16. The molecule has 0 saturated carbocycles.